The number of hydrogen-bond donors (Lipinski definition) is 0. The number of benzene rings is 2. The van der Waals surface area contributed by atoms with E-state index in [2.05, 4.69) is 21.7 Å². The lowest BCUT2D eigenvalue weighted by Gasteiger charge is -2.42. The van der Waals surface area contributed by atoms with Crippen LogP contribution in [0.15, 0.2) is 53.5 Å². The number of amidine groups is 1. The zero-order valence-electron chi connectivity index (χ0n) is 28.4. The van der Waals surface area contributed by atoms with Gasteiger partial charge in [0.25, 0.3) is 0 Å². The van der Waals surface area contributed by atoms with Gasteiger partial charge in [-0.3, -0.25) is 9.89 Å². The molecular weight excluding hydrogens is 724 g/mol. The summed E-state index contributed by atoms with van der Waals surface area (Å²) in [6, 6.07) is 15.0. The SMILES string of the molecule is CCCCOCCN(C(=O)OC(C)(C)C)C1=N[C@@H]2[C@@H](OCc3ccc(OC)cc3)[C@H](OCc3ccc(OC)cc3)[C@@H](COSBr)O[C@@H]2S1. The molecule has 2 aromatic rings. The first-order valence-corrected chi connectivity index (χ1v) is 19.5. The Hall–Kier alpha value is -2.04. The Morgan fingerprint density at radius 1 is 0.958 bits per heavy atom. The largest absolute Gasteiger partial charge is 0.497 e. The molecule has 11 nitrogen and oxygen atoms in total. The van der Waals surface area contributed by atoms with E-state index in [1.807, 2.05) is 69.3 Å². The van der Waals surface area contributed by atoms with Crippen LogP contribution in [0.4, 0.5) is 4.79 Å². The van der Waals surface area contributed by atoms with Crippen molar-refractivity contribution in [2.75, 3.05) is 40.6 Å². The monoisotopic (exact) mass is 770 g/mol. The van der Waals surface area contributed by atoms with Crippen molar-refractivity contribution in [1.82, 2.24) is 4.90 Å². The van der Waals surface area contributed by atoms with Crippen LogP contribution in [0.3, 0.4) is 0 Å². The second-order valence-electron chi connectivity index (χ2n) is 12.3. The molecule has 0 saturated carbocycles. The molecule has 2 aliphatic rings. The highest BCUT2D eigenvalue weighted by Gasteiger charge is 2.52. The highest BCUT2D eigenvalue weighted by Crippen LogP contribution is 2.41. The molecule has 1 saturated heterocycles. The lowest BCUT2D eigenvalue weighted by atomic mass is 9.97. The Kier molecular flexibility index (Phi) is 15.6. The molecule has 0 aliphatic carbocycles. The average Bonchev–Trinajstić information content (AvgIpc) is 3.50. The number of carbonyl (C=O) groups is 1. The molecule has 2 aliphatic heterocycles. The van der Waals surface area contributed by atoms with Gasteiger partial charge in [-0.05, 0) is 62.6 Å². The van der Waals surface area contributed by atoms with Crippen molar-refractivity contribution in [2.24, 2.45) is 4.99 Å². The number of methoxy groups -OCH3 is 2. The second-order valence-corrected chi connectivity index (χ2v) is 14.5. The molecule has 48 heavy (non-hydrogen) atoms. The fourth-order valence-electron chi connectivity index (χ4n) is 5.06. The number of hydrogen-bond acceptors (Lipinski definition) is 12. The van der Waals surface area contributed by atoms with E-state index >= 15 is 0 Å². The van der Waals surface area contributed by atoms with Gasteiger partial charge in [0.05, 0.1) is 57.7 Å². The first kappa shape index (κ1) is 38.8. The lowest BCUT2D eigenvalue weighted by Crippen LogP contribution is -2.57. The van der Waals surface area contributed by atoms with Gasteiger partial charge in [-0.2, -0.15) is 0 Å². The van der Waals surface area contributed by atoms with Crippen LogP contribution >= 0.6 is 37.1 Å². The third-order valence-electron chi connectivity index (χ3n) is 7.52. The first-order valence-electron chi connectivity index (χ1n) is 16.0. The second kappa shape index (κ2) is 19.4. The van der Waals surface area contributed by atoms with E-state index in [0.29, 0.717) is 31.6 Å². The summed E-state index contributed by atoms with van der Waals surface area (Å²) in [6.45, 7) is 9.72. The number of ether oxygens (including phenoxy) is 7. The maximum Gasteiger partial charge on any atom is 0.416 e. The third-order valence-corrected chi connectivity index (χ3v) is 9.47. The van der Waals surface area contributed by atoms with Crippen molar-refractivity contribution >= 4 is 48.3 Å². The predicted molar refractivity (Wildman–Crippen MR) is 192 cm³/mol. The number of fused-ring (bicyclic) bond motifs is 1. The first-order chi connectivity index (χ1) is 23.1. The van der Waals surface area contributed by atoms with Gasteiger partial charge in [0.15, 0.2) is 5.17 Å². The molecule has 0 aromatic heterocycles. The van der Waals surface area contributed by atoms with Gasteiger partial charge in [0.1, 0.15) is 46.9 Å². The standard InChI is InChI=1S/C34H47BrN2O9S2/c1-7-8-18-41-19-17-37(33(38)46-34(2,3)4)32-36-28-30(43-21-24-11-15-26(40-6)16-12-24)29(27(22-44-48-35)45-31(28)47-32)42-20-23-9-13-25(39-5)14-10-23/h9-16,27-31H,7-8,17-22H2,1-6H3/t27-,28-,29-,30-,31-/m1/s1. The summed E-state index contributed by atoms with van der Waals surface area (Å²) in [7, 11) is 4.35. The van der Waals surface area contributed by atoms with E-state index in [1.54, 1.807) is 14.2 Å². The van der Waals surface area contributed by atoms with Crippen LogP contribution in [0.25, 0.3) is 0 Å². The van der Waals surface area contributed by atoms with Crippen molar-refractivity contribution in [1.29, 1.82) is 0 Å². The van der Waals surface area contributed by atoms with Gasteiger partial charge in [-0.25, -0.2) is 4.79 Å². The van der Waals surface area contributed by atoms with Crippen molar-refractivity contribution in [3.63, 3.8) is 0 Å². The summed E-state index contributed by atoms with van der Waals surface area (Å²) in [5.74, 6) is 1.52. The van der Waals surface area contributed by atoms with Gasteiger partial charge < -0.3 is 37.3 Å². The zero-order chi connectivity index (χ0) is 34.5. The number of rotatable bonds is 17. The molecule has 4 rings (SSSR count). The van der Waals surface area contributed by atoms with Crippen LogP contribution in [0.5, 0.6) is 11.5 Å². The fourth-order valence-corrected chi connectivity index (χ4v) is 6.80. The molecule has 0 radical (unpaired) electrons. The number of aliphatic imine (C=N–C) groups is 1. The summed E-state index contributed by atoms with van der Waals surface area (Å²) in [5.41, 5.74) is 0.782. The minimum Gasteiger partial charge on any atom is -0.497 e. The maximum absolute atomic E-state index is 13.5. The number of amides is 1. The number of nitrogens with zero attached hydrogens (tertiary/aromatic N) is 2. The Balaban J connectivity index is 1.63. The van der Waals surface area contributed by atoms with Gasteiger partial charge in [-0.1, -0.05) is 49.4 Å². The molecule has 0 bridgehead atoms. The number of unbranched alkanes of at least 4 members (excludes halogenated alkanes) is 1. The van der Waals surface area contributed by atoms with Crippen LogP contribution in [0, 0.1) is 0 Å². The molecular formula is C34H47BrN2O9S2. The van der Waals surface area contributed by atoms with Gasteiger partial charge >= 0.3 is 6.09 Å². The Bertz CT molecular complexity index is 1300. The van der Waals surface area contributed by atoms with Crippen LogP contribution in [0.2, 0.25) is 0 Å². The van der Waals surface area contributed by atoms with E-state index in [0.717, 1.165) is 45.9 Å². The van der Waals surface area contributed by atoms with Gasteiger partial charge in [0, 0.05) is 21.4 Å². The minimum absolute atomic E-state index is 0.228. The van der Waals surface area contributed by atoms with Gasteiger partial charge in [-0.15, -0.1) is 0 Å². The Labute approximate surface area is 300 Å². The van der Waals surface area contributed by atoms with E-state index in [-0.39, 0.29) is 13.2 Å². The summed E-state index contributed by atoms with van der Waals surface area (Å²) < 4.78 is 47.9. The maximum atomic E-state index is 13.5. The predicted octanol–water partition coefficient (Wildman–Crippen LogP) is 7.40. The molecule has 14 heteroatoms. The van der Waals surface area contributed by atoms with Gasteiger partial charge in [0.2, 0.25) is 0 Å². The van der Waals surface area contributed by atoms with Crippen molar-refractivity contribution < 1.29 is 42.1 Å². The summed E-state index contributed by atoms with van der Waals surface area (Å²) in [4.78, 5) is 20.1. The molecule has 2 heterocycles. The van der Waals surface area contributed by atoms with Crippen LogP contribution in [-0.2, 0) is 41.1 Å². The molecule has 1 fully saturated rings. The lowest BCUT2D eigenvalue weighted by molar-refractivity contribution is -0.202. The molecule has 266 valence electrons. The quantitative estimate of drug-likeness (QED) is 0.119. The van der Waals surface area contributed by atoms with Crippen molar-refractivity contribution in [2.45, 2.75) is 89.1 Å². The van der Waals surface area contributed by atoms with Crippen LogP contribution < -0.4 is 9.47 Å². The number of halogens is 1. The molecule has 2 aromatic carbocycles. The summed E-state index contributed by atoms with van der Waals surface area (Å²) >= 11 is 4.66. The minimum atomic E-state index is -0.689. The number of thioether (sulfide) groups is 1. The Morgan fingerprint density at radius 3 is 2.10 bits per heavy atom. The average molecular weight is 772 g/mol. The van der Waals surface area contributed by atoms with Crippen molar-refractivity contribution in [3.8, 4) is 11.5 Å². The topological polar surface area (TPSA) is 107 Å². The smallest absolute Gasteiger partial charge is 0.416 e. The van der Waals surface area contributed by atoms with Crippen molar-refractivity contribution in [3.05, 3.63) is 59.7 Å². The highest BCUT2D eigenvalue weighted by atomic mass is 79.9. The van der Waals surface area contributed by atoms with E-state index in [9.17, 15) is 4.79 Å². The van der Waals surface area contributed by atoms with E-state index < -0.39 is 41.5 Å². The summed E-state index contributed by atoms with van der Waals surface area (Å²) in [6.07, 6.45) is -0.111. The summed E-state index contributed by atoms with van der Waals surface area (Å²) in [5, 5.41) is 0.488. The molecule has 0 unspecified atom stereocenters. The Morgan fingerprint density at radius 2 is 1.56 bits per heavy atom. The van der Waals surface area contributed by atoms with Crippen LogP contribution in [-0.4, -0.2) is 92.1 Å². The van der Waals surface area contributed by atoms with Crippen LogP contribution in [0.1, 0.15) is 51.7 Å². The van der Waals surface area contributed by atoms with E-state index in [1.165, 1.54) is 16.7 Å². The third kappa shape index (κ3) is 11.5. The van der Waals surface area contributed by atoms with E-state index in [4.69, 9.17) is 42.3 Å². The molecule has 1 amide bonds. The highest BCUT2D eigenvalue weighted by molar-refractivity contribution is 9.49. The normalized spacial score (nSPS) is 22.1. The number of carbonyl (C=O) groups excluding carboxylic acids is 1. The molecule has 0 N–H and O–H groups in total. The zero-order valence-corrected chi connectivity index (χ0v) is 31.6. The fraction of sp³-hybridized carbons (Fsp3) is 0.588. The molecule has 5 atom stereocenters. The molecule has 0 spiro atoms.